The van der Waals surface area contributed by atoms with Crippen molar-refractivity contribution in [2.24, 2.45) is 0 Å². The average Bonchev–Trinajstić information content (AvgIpc) is 3.19. The highest BCUT2D eigenvalue weighted by molar-refractivity contribution is 5.71. The molecule has 6 nitrogen and oxygen atoms in total. The molecule has 1 atom stereocenters. The Balaban J connectivity index is 4.48. The minimum Gasteiger partial charge on any atom is -0.462 e. The Kier molecular flexibility index (Phi) is 40.7. The number of rotatable bonds is 37. The molecule has 0 aliphatic carbocycles. The summed E-state index contributed by atoms with van der Waals surface area (Å²) in [6.07, 6.45) is 57.9. The van der Waals surface area contributed by atoms with Crippen LogP contribution < -0.4 is 0 Å². The van der Waals surface area contributed by atoms with Crippen molar-refractivity contribution in [1.29, 1.82) is 0 Å². The molecule has 0 fully saturated rings. The molecule has 314 valence electrons. The van der Waals surface area contributed by atoms with Gasteiger partial charge in [0.15, 0.2) is 6.10 Å². The standard InChI is InChI=1S/C50H78O6/c1-4-7-10-13-16-19-21-22-23-24-25-26-27-29-31-34-37-40-43-49(52)55-46-47(45-54-48(51)42-39-36-33-30-18-15-12-9-6-3)56-50(53)44-41-38-35-32-28-20-17-14-11-8-5-2/h9-10,12-14,16-26,28,30,47H,4-8,11,15,27,29,31-46H2,1-3H3/b12-9-,13-10-,17-14-,19-16-,22-21-,24-23-,26-25-,28-20-,30-18-. The second-order valence-electron chi connectivity index (χ2n) is 14.0. The molecule has 0 bridgehead atoms. The van der Waals surface area contributed by atoms with Gasteiger partial charge in [-0.2, -0.15) is 0 Å². The first-order valence-electron chi connectivity index (χ1n) is 22.0. The van der Waals surface area contributed by atoms with Crippen LogP contribution >= 0.6 is 0 Å². The molecular weight excluding hydrogens is 697 g/mol. The summed E-state index contributed by atoms with van der Waals surface area (Å²) in [4.78, 5) is 37.6. The van der Waals surface area contributed by atoms with Crippen molar-refractivity contribution in [1.82, 2.24) is 0 Å². The van der Waals surface area contributed by atoms with Gasteiger partial charge in [0.25, 0.3) is 0 Å². The smallest absolute Gasteiger partial charge is 0.306 e. The van der Waals surface area contributed by atoms with Crippen molar-refractivity contribution in [3.05, 3.63) is 109 Å². The first kappa shape index (κ1) is 52.1. The molecular formula is C50H78O6. The normalized spacial score (nSPS) is 13.1. The van der Waals surface area contributed by atoms with Crippen LogP contribution in [-0.4, -0.2) is 37.2 Å². The summed E-state index contributed by atoms with van der Waals surface area (Å²) in [5.41, 5.74) is 0. The van der Waals surface area contributed by atoms with E-state index in [-0.39, 0.29) is 37.5 Å². The number of unbranched alkanes of at least 4 members (excludes halogenated alkanes) is 13. The predicted molar refractivity (Wildman–Crippen MR) is 237 cm³/mol. The Bertz CT molecular complexity index is 1210. The Morgan fingerprint density at radius 2 is 0.804 bits per heavy atom. The third kappa shape index (κ3) is 41.2. The first-order chi connectivity index (χ1) is 27.5. The summed E-state index contributed by atoms with van der Waals surface area (Å²) in [6.45, 7) is 6.25. The molecule has 1 unspecified atom stereocenters. The second-order valence-corrected chi connectivity index (χ2v) is 14.0. The third-order valence-corrected chi connectivity index (χ3v) is 8.62. The van der Waals surface area contributed by atoms with E-state index in [1.807, 2.05) is 36.5 Å². The van der Waals surface area contributed by atoms with Crippen LogP contribution in [0.4, 0.5) is 0 Å². The molecule has 0 spiro atoms. The minimum atomic E-state index is -0.814. The monoisotopic (exact) mass is 775 g/mol. The number of ether oxygens (including phenoxy) is 3. The van der Waals surface area contributed by atoms with Gasteiger partial charge in [0.05, 0.1) is 0 Å². The van der Waals surface area contributed by atoms with Gasteiger partial charge in [-0.15, -0.1) is 0 Å². The van der Waals surface area contributed by atoms with Crippen LogP contribution in [0.5, 0.6) is 0 Å². The molecule has 56 heavy (non-hydrogen) atoms. The van der Waals surface area contributed by atoms with E-state index in [2.05, 4.69) is 93.7 Å². The minimum absolute atomic E-state index is 0.116. The van der Waals surface area contributed by atoms with Crippen LogP contribution in [-0.2, 0) is 28.6 Å². The number of hydrogen-bond acceptors (Lipinski definition) is 6. The van der Waals surface area contributed by atoms with E-state index < -0.39 is 6.10 Å². The molecule has 0 aromatic heterocycles. The quantitative estimate of drug-likeness (QED) is 0.0206. The van der Waals surface area contributed by atoms with Crippen LogP contribution in [0.1, 0.15) is 168 Å². The zero-order valence-electron chi connectivity index (χ0n) is 35.6. The highest BCUT2D eigenvalue weighted by Crippen LogP contribution is 2.11. The molecule has 0 heterocycles. The van der Waals surface area contributed by atoms with Gasteiger partial charge in [-0.05, 0) is 83.5 Å². The summed E-state index contributed by atoms with van der Waals surface area (Å²) in [6, 6.07) is 0. The lowest BCUT2D eigenvalue weighted by Gasteiger charge is -2.18. The van der Waals surface area contributed by atoms with E-state index in [9.17, 15) is 14.4 Å². The summed E-state index contributed by atoms with van der Waals surface area (Å²) in [7, 11) is 0. The Morgan fingerprint density at radius 3 is 1.38 bits per heavy atom. The number of carbonyl (C=O) groups excluding carboxylic acids is 3. The molecule has 0 saturated heterocycles. The second kappa shape index (κ2) is 43.8. The zero-order chi connectivity index (χ0) is 40.8. The van der Waals surface area contributed by atoms with Crippen molar-refractivity contribution >= 4 is 17.9 Å². The molecule has 0 aromatic rings. The van der Waals surface area contributed by atoms with E-state index in [0.29, 0.717) is 12.8 Å². The maximum Gasteiger partial charge on any atom is 0.306 e. The third-order valence-electron chi connectivity index (χ3n) is 8.62. The van der Waals surface area contributed by atoms with Crippen LogP contribution in [0, 0.1) is 0 Å². The van der Waals surface area contributed by atoms with Crippen molar-refractivity contribution < 1.29 is 28.6 Å². The highest BCUT2D eigenvalue weighted by atomic mass is 16.6. The van der Waals surface area contributed by atoms with E-state index in [1.165, 1.54) is 19.3 Å². The lowest BCUT2D eigenvalue weighted by molar-refractivity contribution is -0.167. The zero-order valence-corrected chi connectivity index (χ0v) is 35.6. The van der Waals surface area contributed by atoms with Gasteiger partial charge in [-0.1, -0.05) is 175 Å². The number of esters is 3. The Hall–Kier alpha value is -3.93. The fourth-order valence-electron chi connectivity index (χ4n) is 5.31. The van der Waals surface area contributed by atoms with Gasteiger partial charge >= 0.3 is 17.9 Å². The highest BCUT2D eigenvalue weighted by Gasteiger charge is 2.19. The lowest BCUT2D eigenvalue weighted by Crippen LogP contribution is -2.30. The Labute approximate surface area is 342 Å². The number of carbonyl (C=O) groups is 3. The molecule has 0 saturated carbocycles. The topological polar surface area (TPSA) is 78.9 Å². The van der Waals surface area contributed by atoms with E-state index in [1.54, 1.807) is 0 Å². The van der Waals surface area contributed by atoms with Crippen molar-refractivity contribution in [3.63, 3.8) is 0 Å². The Morgan fingerprint density at radius 1 is 0.393 bits per heavy atom. The summed E-state index contributed by atoms with van der Waals surface area (Å²) < 4.78 is 16.6. The molecule has 6 heteroatoms. The van der Waals surface area contributed by atoms with E-state index in [4.69, 9.17) is 14.2 Å². The largest absolute Gasteiger partial charge is 0.462 e. The maximum atomic E-state index is 12.7. The molecule has 0 amide bonds. The summed E-state index contributed by atoms with van der Waals surface area (Å²) >= 11 is 0. The molecule has 0 N–H and O–H groups in total. The molecule has 0 rings (SSSR count). The van der Waals surface area contributed by atoms with Gasteiger partial charge in [-0.25, -0.2) is 0 Å². The van der Waals surface area contributed by atoms with E-state index in [0.717, 1.165) is 109 Å². The summed E-state index contributed by atoms with van der Waals surface area (Å²) in [5, 5.41) is 0. The van der Waals surface area contributed by atoms with Crippen molar-refractivity contribution in [2.45, 2.75) is 175 Å². The van der Waals surface area contributed by atoms with Crippen molar-refractivity contribution in [2.75, 3.05) is 13.2 Å². The maximum absolute atomic E-state index is 12.7. The van der Waals surface area contributed by atoms with Crippen LogP contribution in [0.2, 0.25) is 0 Å². The van der Waals surface area contributed by atoms with Gasteiger partial charge in [0, 0.05) is 19.3 Å². The van der Waals surface area contributed by atoms with Crippen LogP contribution in [0.3, 0.4) is 0 Å². The lowest BCUT2D eigenvalue weighted by atomic mass is 10.1. The van der Waals surface area contributed by atoms with E-state index >= 15 is 0 Å². The molecule has 0 aliphatic heterocycles. The van der Waals surface area contributed by atoms with Gasteiger partial charge in [-0.3, -0.25) is 14.4 Å². The molecule has 0 aromatic carbocycles. The van der Waals surface area contributed by atoms with Crippen LogP contribution in [0.15, 0.2) is 109 Å². The van der Waals surface area contributed by atoms with Gasteiger partial charge in [0.1, 0.15) is 13.2 Å². The SMILES string of the molecule is CC/C=C\C/C=C\CCCCC(=O)OCC(COC(=O)CCCCCCC\C=C/C=C\C=C/C=C\C=C/CCC)OC(=O)CCCCC/C=C\C=C/CCCC. The fourth-order valence-corrected chi connectivity index (χ4v) is 5.31. The van der Waals surface area contributed by atoms with Crippen LogP contribution in [0.25, 0.3) is 0 Å². The molecule has 0 radical (unpaired) electrons. The summed E-state index contributed by atoms with van der Waals surface area (Å²) in [5.74, 6) is -1.02. The fraction of sp³-hybridized carbons (Fsp3) is 0.580. The van der Waals surface area contributed by atoms with Crippen molar-refractivity contribution in [3.8, 4) is 0 Å². The number of hydrogen-bond donors (Lipinski definition) is 0. The number of allylic oxidation sites excluding steroid dienone is 18. The first-order valence-corrected chi connectivity index (χ1v) is 22.0. The van der Waals surface area contributed by atoms with Gasteiger partial charge in [0.2, 0.25) is 0 Å². The van der Waals surface area contributed by atoms with Gasteiger partial charge < -0.3 is 14.2 Å². The predicted octanol–water partition coefficient (Wildman–Crippen LogP) is 14.0. The molecule has 0 aliphatic rings. The average molecular weight is 775 g/mol.